The average molecular weight is 989 g/mol. The molecule has 17 nitrogen and oxygen atoms in total. The van der Waals surface area contributed by atoms with Crippen molar-refractivity contribution >= 4 is 55.4 Å². The van der Waals surface area contributed by atoms with Gasteiger partial charge in [0, 0.05) is 74.4 Å². The number of nitrogens with zero attached hydrogens (tertiary/aromatic N) is 5. The number of nitro groups is 1. The van der Waals surface area contributed by atoms with Gasteiger partial charge in [0.25, 0.3) is 21.6 Å². The number of ether oxygens (including phenoxy) is 3. The lowest BCUT2D eigenvalue weighted by molar-refractivity contribution is -0.384. The van der Waals surface area contributed by atoms with Gasteiger partial charge in [0.15, 0.2) is 0 Å². The summed E-state index contributed by atoms with van der Waals surface area (Å²) in [6.07, 6.45) is 9.41. The zero-order valence-electron chi connectivity index (χ0n) is 40.5. The summed E-state index contributed by atoms with van der Waals surface area (Å²) in [6, 6.07) is 22.5. The Bertz CT molecular complexity index is 2920. The van der Waals surface area contributed by atoms with E-state index in [1.807, 2.05) is 42.3 Å². The van der Waals surface area contributed by atoms with E-state index in [0.717, 1.165) is 81.9 Å². The van der Waals surface area contributed by atoms with Gasteiger partial charge in [-0.1, -0.05) is 24.3 Å². The first kappa shape index (κ1) is 47.5. The number of rotatable bonds is 11. The van der Waals surface area contributed by atoms with Gasteiger partial charge in [-0.25, -0.2) is 13.1 Å². The fourth-order valence-electron chi connectivity index (χ4n) is 12.3. The molecule has 4 N–H and O–H groups in total. The smallest absolute Gasteiger partial charge is 0.293 e. The van der Waals surface area contributed by atoms with Crippen molar-refractivity contribution in [2.45, 2.75) is 100 Å². The molecule has 1 spiro atoms. The quantitative estimate of drug-likeness (QED) is 0.0732. The molecular formula is C53H64N8O9S. The molecule has 0 bridgehead atoms. The van der Waals surface area contributed by atoms with Gasteiger partial charge < -0.3 is 39.4 Å². The maximum Gasteiger partial charge on any atom is 0.293 e. The van der Waals surface area contributed by atoms with Crippen LogP contribution in [0, 0.1) is 34.3 Å². The van der Waals surface area contributed by atoms with Crippen LogP contribution in [-0.2, 0) is 19.5 Å². The van der Waals surface area contributed by atoms with Crippen LogP contribution in [0.2, 0.25) is 0 Å². The van der Waals surface area contributed by atoms with Crippen molar-refractivity contribution in [3.63, 3.8) is 0 Å². The van der Waals surface area contributed by atoms with E-state index < -0.39 is 37.0 Å². The first-order valence-electron chi connectivity index (χ1n) is 25.3. The van der Waals surface area contributed by atoms with E-state index >= 15 is 0 Å². The highest BCUT2D eigenvalue weighted by atomic mass is 32.2. The summed E-state index contributed by atoms with van der Waals surface area (Å²) in [5, 5.41) is 26.7. The Morgan fingerprint density at radius 1 is 0.944 bits per heavy atom. The topological polar surface area (TPSA) is 205 Å². The molecule has 2 saturated carbocycles. The van der Waals surface area contributed by atoms with Crippen molar-refractivity contribution in [3.8, 4) is 5.88 Å². The number of hydrogen-bond acceptors (Lipinski definition) is 14. The second-order valence-electron chi connectivity index (χ2n) is 21.2. The molecule has 0 unspecified atom stereocenters. The standard InChI is InChI=1S/C53H64N8O9S/c1-34-5-3-4-6-41(34)47-33-69-24-22-59(47)39-28-53(29-39)17-20-58(21-18-53)38-7-9-42(44(26-38)60-31-37-32-68-23-14-48(37)70-51-46(60)25-36-13-19-54-49(36)56-51)50(62)57-71(66,67)40-8-10-43(45(27-40)61(64)65)55-30-35-11-15-52(2,63)16-12-35/h3-10,13,19,25-27,35,37,39,47-48,55,63H,11-12,14-18,20-24,28-33H2,1-2H3,(H,54,56)(H,57,62)/t35?,37-,47+,48-,52?/m1/s1. The van der Waals surface area contributed by atoms with Gasteiger partial charge in [0.2, 0.25) is 5.88 Å². The van der Waals surface area contributed by atoms with Crippen LogP contribution < -0.4 is 24.6 Å². The van der Waals surface area contributed by atoms with Gasteiger partial charge in [-0.05, 0) is 130 Å². The fourth-order valence-corrected chi connectivity index (χ4v) is 13.2. The molecule has 3 saturated heterocycles. The molecule has 376 valence electrons. The highest BCUT2D eigenvalue weighted by Crippen LogP contribution is 2.53. The molecule has 1 amide bonds. The zero-order chi connectivity index (χ0) is 49.1. The summed E-state index contributed by atoms with van der Waals surface area (Å²) < 4.78 is 49.3. The number of carbonyl (C=O) groups excluding carboxylic acids is 1. The van der Waals surface area contributed by atoms with E-state index in [0.29, 0.717) is 81.1 Å². The zero-order valence-corrected chi connectivity index (χ0v) is 41.3. The maximum absolute atomic E-state index is 14.7. The van der Waals surface area contributed by atoms with Crippen molar-refractivity contribution < 1.29 is 37.5 Å². The number of aromatic amines is 1. The van der Waals surface area contributed by atoms with Crippen LogP contribution in [0.5, 0.6) is 5.88 Å². The third-order valence-electron chi connectivity index (χ3n) is 16.6. The number of pyridine rings is 1. The summed E-state index contributed by atoms with van der Waals surface area (Å²) in [5.41, 5.74) is 4.74. The van der Waals surface area contributed by atoms with Crippen molar-refractivity contribution in [2.24, 2.45) is 17.3 Å². The number of morpholine rings is 1. The van der Waals surface area contributed by atoms with Crippen molar-refractivity contribution in [3.05, 3.63) is 106 Å². The molecule has 18 heteroatoms. The van der Waals surface area contributed by atoms with Crippen molar-refractivity contribution in [1.29, 1.82) is 0 Å². The predicted octanol–water partition coefficient (Wildman–Crippen LogP) is 8.01. The molecule has 11 rings (SSSR count). The minimum Gasteiger partial charge on any atom is -0.472 e. The number of fused-ring (bicyclic) bond motifs is 3. The summed E-state index contributed by atoms with van der Waals surface area (Å²) in [6.45, 7) is 9.85. The van der Waals surface area contributed by atoms with E-state index in [2.05, 4.69) is 56.0 Å². The molecule has 2 aromatic heterocycles. The third kappa shape index (κ3) is 9.56. The highest BCUT2D eigenvalue weighted by molar-refractivity contribution is 7.90. The predicted molar refractivity (Wildman–Crippen MR) is 270 cm³/mol. The van der Waals surface area contributed by atoms with Crippen molar-refractivity contribution in [1.82, 2.24) is 19.6 Å². The lowest BCUT2D eigenvalue weighted by atomic mass is 9.59. The van der Waals surface area contributed by atoms with Gasteiger partial charge in [0.1, 0.15) is 23.1 Å². The van der Waals surface area contributed by atoms with E-state index in [4.69, 9.17) is 19.2 Å². The van der Waals surface area contributed by atoms with E-state index in [1.165, 1.54) is 23.3 Å². The fraction of sp³-hybridized carbons (Fsp3) is 0.509. The van der Waals surface area contributed by atoms with Gasteiger partial charge in [-0.2, -0.15) is 4.98 Å². The normalized spacial score (nSPS) is 25.9. The molecular weight excluding hydrogens is 925 g/mol. The number of benzene rings is 3. The van der Waals surface area contributed by atoms with E-state index in [-0.39, 0.29) is 40.6 Å². The summed E-state index contributed by atoms with van der Waals surface area (Å²) >= 11 is 0. The molecule has 5 aromatic rings. The maximum atomic E-state index is 14.7. The van der Waals surface area contributed by atoms with Crippen LogP contribution in [0.3, 0.4) is 0 Å². The Kier molecular flexibility index (Phi) is 12.7. The number of H-pyrrole nitrogens is 1. The Balaban J connectivity index is 0.869. The van der Waals surface area contributed by atoms with Gasteiger partial charge >= 0.3 is 0 Å². The van der Waals surface area contributed by atoms with Crippen LogP contribution in [0.25, 0.3) is 11.0 Å². The lowest BCUT2D eigenvalue weighted by Gasteiger charge is -2.57. The van der Waals surface area contributed by atoms with Crippen LogP contribution in [0.15, 0.2) is 83.9 Å². The largest absolute Gasteiger partial charge is 0.472 e. The summed E-state index contributed by atoms with van der Waals surface area (Å²) in [5.74, 6) is -0.380. The average Bonchev–Trinajstić information content (AvgIpc) is 3.75. The van der Waals surface area contributed by atoms with Gasteiger partial charge in [0.05, 0.1) is 59.1 Å². The Morgan fingerprint density at radius 3 is 2.52 bits per heavy atom. The van der Waals surface area contributed by atoms with Crippen LogP contribution >= 0.6 is 0 Å². The monoisotopic (exact) mass is 988 g/mol. The minimum absolute atomic E-state index is 0.0986. The Labute approximate surface area is 414 Å². The Hall–Kier alpha value is -5.79. The molecule has 3 atom stereocenters. The van der Waals surface area contributed by atoms with E-state index in [1.54, 1.807) is 6.07 Å². The molecule has 3 aromatic carbocycles. The molecule has 4 aliphatic heterocycles. The van der Waals surface area contributed by atoms with Gasteiger partial charge in [-0.3, -0.25) is 19.8 Å². The molecule has 6 aliphatic rings. The number of piperidine rings is 1. The number of aromatic nitrogens is 2. The van der Waals surface area contributed by atoms with Crippen LogP contribution in [-0.4, -0.2) is 116 Å². The number of nitro benzene ring substituents is 1. The minimum atomic E-state index is -4.62. The number of sulfonamides is 1. The van der Waals surface area contributed by atoms with Crippen LogP contribution in [0.4, 0.5) is 28.4 Å². The number of aliphatic hydroxyl groups is 1. The number of anilines is 4. The molecule has 71 heavy (non-hydrogen) atoms. The molecule has 6 heterocycles. The lowest BCUT2D eigenvalue weighted by Crippen LogP contribution is -2.57. The molecule has 2 aliphatic carbocycles. The molecule has 5 fully saturated rings. The summed E-state index contributed by atoms with van der Waals surface area (Å²) in [7, 11) is -4.62. The third-order valence-corrected chi connectivity index (χ3v) is 17.9. The first-order chi connectivity index (χ1) is 34.2. The van der Waals surface area contributed by atoms with Crippen LogP contribution in [0.1, 0.15) is 92.2 Å². The molecule has 0 radical (unpaired) electrons. The number of hydrogen-bond donors (Lipinski definition) is 4. The highest BCUT2D eigenvalue weighted by Gasteiger charge is 2.50. The Morgan fingerprint density at radius 2 is 1.73 bits per heavy atom. The summed E-state index contributed by atoms with van der Waals surface area (Å²) in [4.78, 5) is 41.2. The number of amides is 1. The number of nitrogens with one attached hydrogen (secondary N) is 3. The SMILES string of the molecule is Cc1ccccc1[C@@H]1COCCN1C1CC2(CCN(c3ccc(C(=O)NS(=O)(=O)c4ccc(NCC5CCC(C)(O)CC5)c([N+](=O)[O-])c4)c(N4C[C@@H]5COCC[C@H]5Oc5nc6[nH]ccc6cc54)c3)CC2)C1. The second-order valence-corrected chi connectivity index (χ2v) is 22.9. The number of carbonyl (C=O) groups is 1. The van der Waals surface area contributed by atoms with E-state index in [9.17, 15) is 28.4 Å². The first-order valence-corrected chi connectivity index (χ1v) is 26.8. The number of aryl methyl sites for hydroxylation is 1. The van der Waals surface area contributed by atoms with Crippen molar-refractivity contribution in [2.75, 3.05) is 74.3 Å². The second kappa shape index (κ2) is 19.0. The van der Waals surface area contributed by atoms with Gasteiger partial charge in [-0.15, -0.1) is 0 Å².